The van der Waals surface area contributed by atoms with Crippen LogP contribution in [0.15, 0.2) is 10.6 Å². The summed E-state index contributed by atoms with van der Waals surface area (Å²) in [5.41, 5.74) is 8.78. The Labute approximate surface area is 153 Å². The maximum atomic E-state index is 13.3. The molecule has 2 aromatic heterocycles. The summed E-state index contributed by atoms with van der Waals surface area (Å²) in [6.45, 7) is 5.35. The summed E-state index contributed by atoms with van der Waals surface area (Å²) in [6, 6.07) is 2.06. The highest BCUT2D eigenvalue weighted by Crippen LogP contribution is 2.40. The quantitative estimate of drug-likeness (QED) is 0.904. The van der Waals surface area contributed by atoms with Gasteiger partial charge in [0.15, 0.2) is 0 Å². The van der Waals surface area contributed by atoms with E-state index in [0.717, 1.165) is 49.0 Å². The molecule has 1 amide bonds. The van der Waals surface area contributed by atoms with Crippen LogP contribution < -0.4 is 5.73 Å². The molecule has 0 spiro atoms. The number of pyridine rings is 1. The van der Waals surface area contributed by atoms with Gasteiger partial charge in [-0.3, -0.25) is 4.79 Å². The summed E-state index contributed by atoms with van der Waals surface area (Å²) in [4.78, 5) is 19.8. The number of fused-ring (bicyclic) bond motifs is 1. The molecule has 0 aromatic carbocycles. The Kier molecular flexibility index (Phi) is 5.02. The van der Waals surface area contributed by atoms with Crippen molar-refractivity contribution < 1.29 is 9.32 Å². The third-order valence-corrected chi connectivity index (χ3v) is 5.37. The van der Waals surface area contributed by atoms with Crippen molar-refractivity contribution in [3.05, 3.63) is 23.0 Å². The van der Waals surface area contributed by atoms with Crippen molar-refractivity contribution >= 4 is 29.4 Å². The van der Waals surface area contributed by atoms with Gasteiger partial charge in [-0.25, -0.2) is 4.98 Å². The predicted molar refractivity (Wildman–Crippen MR) is 98.0 cm³/mol. The van der Waals surface area contributed by atoms with Crippen molar-refractivity contribution in [1.82, 2.24) is 15.0 Å². The van der Waals surface area contributed by atoms with Gasteiger partial charge in [-0.1, -0.05) is 12.1 Å². The summed E-state index contributed by atoms with van der Waals surface area (Å²) in [5, 5.41) is 4.77. The van der Waals surface area contributed by atoms with Crippen LogP contribution in [0.1, 0.15) is 60.3 Å². The Balaban J connectivity index is 0.00000182. The fraction of sp³-hybridized carbons (Fsp3) is 0.611. The van der Waals surface area contributed by atoms with Crippen LogP contribution in [0.3, 0.4) is 0 Å². The fourth-order valence-corrected chi connectivity index (χ4v) is 3.77. The van der Waals surface area contributed by atoms with E-state index in [1.54, 1.807) is 0 Å². The lowest BCUT2D eigenvalue weighted by molar-refractivity contribution is 0.0575. The number of aromatic nitrogens is 2. The van der Waals surface area contributed by atoms with Gasteiger partial charge in [0.05, 0.1) is 16.6 Å². The largest absolute Gasteiger partial charge is 0.336 e. The lowest BCUT2D eigenvalue weighted by atomic mass is 9.91. The molecule has 2 atom stereocenters. The van der Waals surface area contributed by atoms with Crippen molar-refractivity contribution in [2.75, 3.05) is 13.1 Å². The number of rotatable bonds is 3. The summed E-state index contributed by atoms with van der Waals surface area (Å²) in [7, 11) is 0. The predicted octanol–water partition coefficient (Wildman–Crippen LogP) is 3.03. The number of nitrogens with zero attached hydrogens (tertiary/aromatic N) is 3. The second-order valence-electron chi connectivity index (χ2n) is 7.33. The normalized spacial score (nSPS) is 23.6. The molecule has 1 aliphatic heterocycles. The minimum absolute atomic E-state index is 0. The zero-order chi connectivity index (χ0) is 16.8. The van der Waals surface area contributed by atoms with Gasteiger partial charge in [0.1, 0.15) is 0 Å². The number of halogens is 1. The molecule has 1 aliphatic carbocycles. The molecular weight excluding hydrogens is 340 g/mol. The number of hydrogen-bond acceptors (Lipinski definition) is 5. The van der Waals surface area contributed by atoms with E-state index in [2.05, 4.69) is 17.1 Å². The number of amides is 1. The Morgan fingerprint density at radius 2 is 2.16 bits per heavy atom. The number of hydrogen-bond donors (Lipinski definition) is 1. The van der Waals surface area contributed by atoms with Crippen LogP contribution in [-0.2, 0) is 0 Å². The molecule has 1 saturated heterocycles. The lowest BCUT2D eigenvalue weighted by Gasteiger charge is -2.38. The third kappa shape index (κ3) is 3.25. The van der Waals surface area contributed by atoms with Gasteiger partial charge in [-0.2, -0.15) is 0 Å². The molecule has 0 bridgehead atoms. The van der Waals surface area contributed by atoms with Crippen molar-refractivity contribution in [2.24, 2.45) is 11.7 Å². The monoisotopic (exact) mass is 364 g/mol. The van der Waals surface area contributed by atoms with Crippen LogP contribution in [0.5, 0.6) is 0 Å². The summed E-state index contributed by atoms with van der Waals surface area (Å²) < 4.78 is 5.36. The maximum Gasteiger partial charge on any atom is 0.259 e. The van der Waals surface area contributed by atoms with Gasteiger partial charge in [0, 0.05) is 30.7 Å². The average Bonchev–Trinajstić information content (AvgIpc) is 3.37. The molecule has 2 aromatic rings. The van der Waals surface area contributed by atoms with Crippen LogP contribution in [0.25, 0.3) is 11.1 Å². The minimum atomic E-state index is 0. The first-order valence-corrected chi connectivity index (χ1v) is 8.86. The molecule has 2 N–H and O–H groups in total. The van der Waals surface area contributed by atoms with E-state index in [1.165, 1.54) is 0 Å². The molecule has 7 heteroatoms. The molecule has 2 fully saturated rings. The third-order valence-electron chi connectivity index (χ3n) is 5.37. The molecule has 4 rings (SSSR count). The van der Waals surface area contributed by atoms with E-state index in [9.17, 15) is 4.79 Å². The average molecular weight is 365 g/mol. The zero-order valence-electron chi connectivity index (χ0n) is 14.7. The Hall–Kier alpha value is -1.66. The van der Waals surface area contributed by atoms with Gasteiger partial charge >= 0.3 is 0 Å². The minimum Gasteiger partial charge on any atom is -0.336 e. The van der Waals surface area contributed by atoms with Crippen molar-refractivity contribution in [2.45, 2.75) is 51.5 Å². The SMILES string of the molecule is Cc1noc2nc(C3CC3)cc(C(=O)N3CCC(C)CC3CN)c12.Cl. The Morgan fingerprint density at radius 1 is 1.40 bits per heavy atom. The van der Waals surface area contributed by atoms with Crippen LogP contribution in [0.4, 0.5) is 0 Å². The fourth-order valence-electron chi connectivity index (χ4n) is 3.77. The van der Waals surface area contributed by atoms with Gasteiger partial charge in [0.2, 0.25) is 0 Å². The molecule has 0 radical (unpaired) electrons. The van der Waals surface area contributed by atoms with Crippen LogP contribution in [0, 0.1) is 12.8 Å². The molecule has 25 heavy (non-hydrogen) atoms. The Bertz CT molecular complexity index is 787. The van der Waals surface area contributed by atoms with E-state index in [-0.39, 0.29) is 24.4 Å². The van der Waals surface area contributed by atoms with Gasteiger partial charge in [-0.05, 0) is 44.6 Å². The smallest absolute Gasteiger partial charge is 0.259 e. The topological polar surface area (TPSA) is 85.2 Å². The van der Waals surface area contributed by atoms with E-state index in [1.807, 2.05) is 17.9 Å². The molecule has 136 valence electrons. The van der Waals surface area contributed by atoms with Crippen molar-refractivity contribution in [3.8, 4) is 0 Å². The summed E-state index contributed by atoms with van der Waals surface area (Å²) in [5.74, 6) is 1.11. The Morgan fingerprint density at radius 3 is 2.84 bits per heavy atom. The molecule has 2 unspecified atom stereocenters. The number of carbonyl (C=O) groups excluding carboxylic acids is 1. The van der Waals surface area contributed by atoms with E-state index >= 15 is 0 Å². The zero-order valence-corrected chi connectivity index (χ0v) is 15.5. The number of carbonyl (C=O) groups is 1. The van der Waals surface area contributed by atoms with E-state index in [0.29, 0.717) is 29.7 Å². The molecule has 2 aliphatic rings. The molecule has 1 saturated carbocycles. The first kappa shape index (κ1) is 18.1. The summed E-state index contributed by atoms with van der Waals surface area (Å²) >= 11 is 0. The highest BCUT2D eigenvalue weighted by atomic mass is 35.5. The second kappa shape index (κ2) is 6.92. The number of likely N-dealkylation sites (tertiary alicyclic amines) is 1. The van der Waals surface area contributed by atoms with Crippen LogP contribution in [0.2, 0.25) is 0 Å². The number of aryl methyl sites for hydroxylation is 1. The van der Waals surface area contributed by atoms with E-state index in [4.69, 9.17) is 10.3 Å². The van der Waals surface area contributed by atoms with Crippen molar-refractivity contribution in [3.63, 3.8) is 0 Å². The van der Waals surface area contributed by atoms with Crippen LogP contribution >= 0.6 is 12.4 Å². The standard InChI is InChI=1S/C18H24N4O2.ClH/c1-10-5-6-22(13(7-10)9-19)18(23)14-8-15(12-3-4-12)20-17-16(14)11(2)21-24-17;/h8,10,12-13H,3-7,9,19H2,1-2H3;1H. The number of nitrogens with two attached hydrogens (primary N) is 1. The van der Waals surface area contributed by atoms with Crippen LogP contribution in [-0.4, -0.2) is 40.1 Å². The molecular formula is C18H25ClN4O2. The molecule has 3 heterocycles. The first-order chi connectivity index (χ1) is 11.6. The maximum absolute atomic E-state index is 13.3. The first-order valence-electron chi connectivity index (χ1n) is 8.86. The summed E-state index contributed by atoms with van der Waals surface area (Å²) in [6.07, 6.45) is 4.25. The van der Waals surface area contributed by atoms with Crippen molar-refractivity contribution in [1.29, 1.82) is 0 Å². The number of piperidine rings is 1. The highest BCUT2D eigenvalue weighted by molar-refractivity contribution is 6.06. The van der Waals surface area contributed by atoms with Gasteiger partial charge < -0.3 is 15.2 Å². The second-order valence-corrected chi connectivity index (χ2v) is 7.33. The van der Waals surface area contributed by atoms with E-state index < -0.39 is 0 Å². The highest BCUT2D eigenvalue weighted by Gasteiger charge is 2.33. The lowest BCUT2D eigenvalue weighted by Crippen LogP contribution is -2.49. The van der Waals surface area contributed by atoms with Gasteiger partial charge in [-0.15, -0.1) is 12.4 Å². The van der Waals surface area contributed by atoms with Gasteiger partial charge in [0.25, 0.3) is 11.6 Å². The molecule has 6 nitrogen and oxygen atoms in total.